The van der Waals surface area contributed by atoms with Gasteiger partial charge < -0.3 is 10.2 Å². The molecule has 15 heavy (non-hydrogen) atoms. The summed E-state index contributed by atoms with van der Waals surface area (Å²) in [7, 11) is 4.24. The average Bonchev–Trinajstić information content (AvgIpc) is 2.64. The Morgan fingerprint density at radius 3 is 2.87 bits per heavy atom. The number of hydrogen-bond donors (Lipinski definition) is 1. The lowest BCUT2D eigenvalue weighted by Crippen LogP contribution is -2.30. The minimum atomic E-state index is 0.589. The fraction of sp³-hybridized carbons (Fsp3) is 0.667. The first-order chi connectivity index (χ1) is 7.18. The van der Waals surface area contributed by atoms with Gasteiger partial charge in [-0.15, -0.1) is 11.3 Å². The lowest BCUT2D eigenvalue weighted by atomic mass is 10.2. The van der Waals surface area contributed by atoms with Crippen LogP contribution in [0.15, 0.2) is 17.5 Å². The van der Waals surface area contributed by atoms with Crippen LogP contribution in [0.5, 0.6) is 0 Å². The van der Waals surface area contributed by atoms with E-state index in [-0.39, 0.29) is 0 Å². The van der Waals surface area contributed by atoms with Gasteiger partial charge in [-0.05, 0) is 58.4 Å². The molecule has 1 unspecified atom stereocenters. The van der Waals surface area contributed by atoms with Gasteiger partial charge in [0.1, 0.15) is 0 Å². The van der Waals surface area contributed by atoms with E-state index in [4.69, 9.17) is 0 Å². The largest absolute Gasteiger partial charge is 0.314 e. The molecule has 0 fully saturated rings. The highest BCUT2D eigenvalue weighted by molar-refractivity contribution is 7.09. The molecule has 0 bridgehead atoms. The molecule has 1 atom stereocenters. The molecule has 1 N–H and O–H groups in total. The monoisotopic (exact) mass is 226 g/mol. The third-order valence-electron chi connectivity index (χ3n) is 2.36. The molecule has 0 saturated carbocycles. The number of hydrogen-bond acceptors (Lipinski definition) is 3. The lowest BCUT2D eigenvalue weighted by molar-refractivity contribution is 0.388. The molecule has 0 aliphatic rings. The van der Waals surface area contributed by atoms with Crippen molar-refractivity contribution in [2.45, 2.75) is 25.8 Å². The molecule has 1 heterocycles. The van der Waals surface area contributed by atoms with Crippen LogP contribution in [-0.2, 0) is 6.42 Å². The summed E-state index contributed by atoms with van der Waals surface area (Å²) in [6.07, 6.45) is 2.38. The highest BCUT2D eigenvalue weighted by Crippen LogP contribution is 2.10. The first-order valence-electron chi connectivity index (χ1n) is 5.59. The van der Waals surface area contributed by atoms with Gasteiger partial charge in [0.25, 0.3) is 0 Å². The van der Waals surface area contributed by atoms with Crippen molar-refractivity contribution in [3.63, 3.8) is 0 Å². The molecule has 1 aromatic heterocycles. The summed E-state index contributed by atoms with van der Waals surface area (Å²) in [5.74, 6) is 0. The molecule has 2 nitrogen and oxygen atoms in total. The van der Waals surface area contributed by atoms with E-state index in [1.807, 2.05) is 11.3 Å². The van der Waals surface area contributed by atoms with Crippen molar-refractivity contribution in [3.8, 4) is 0 Å². The van der Waals surface area contributed by atoms with Crippen LogP contribution in [0.3, 0.4) is 0 Å². The number of nitrogens with zero attached hydrogens (tertiary/aromatic N) is 1. The second-order valence-corrected chi connectivity index (χ2v) is 5.33. The Balaban J connectivity index is 2.06. The smallest absolute Gasteiger partial charge is 0.00870 e. The van der Waals surface area contributed by atoms with E-state index in [0.717, 1.165) is 13.0 Å². The molecule has 0 radical (unpaired) electrons. The van der Waals surface area contributed by atoms with E-state index >= 15 is 0 Å². The van der Waals surface area contributed by atoms with Crippen molar-refractivity contribution in [2.75, 3.05) is 27.2 Å². The van der Waals surface area contributed by atoms with Gasteiger partial charge in [0, 0.05) is 10.9 Å². The molecule has 1 rings (SSSR count). The van der Waals surface area contributed by atoms with Crippen molar-refractivity contribution < 1.29 is 0 Å². The minimum absolute atomic E-state index is 0.589. The van der Waals surface area contributed by atoms with Gasteiger partial charge in [-0.1, -0.05) is 6.07 Å². The summed E-state index contributed by atoms with van der Waals surface area (Å²) in [6, 6.07) is 4.92. The molecule has 0 spiro atoms. The zero-order chi connectivity index (χ0) is 11.1. The number of nitrogens with one attached hydrogen (secondary N) is 1. The van der Waals surface area contributed by atoms with Crippen molar-refractivity contribution in [2.24, 2.45) is 0 Å². The van der Waals surface area contributed by atoms with Crippen LogP contribution in [0.1, 0.15) is 18.2 Å². The molecule has 0 aliphatic heterocycles. The fourth-order valence-corrected chi connectivity index (χ4v) is 2.38. The Hall–Kier alpha value is -0.380. The Morgan fingerprint density at radius 1 is 1.47 bits per heavy atom. The maximum Gasteiger partial charge on any atom is 0.00870 e. The van der Waals surface area contributed by atoms with E-state index in [2.05, 4.69) is 48.7 Å². The van der Waals surface area contributed by atoms with Gasteiger partial charge in [0.05, 0.1) is 0 Å². The molecular weight excluding hydrogens is 204 g/mol. The predicted molar refractivity (Wildman–Crippen MR) is 68.7 cm³/mol. The van der Waals surface area contributed by atoms with Crippen molar-refractivity contribution in [1.29, 1.82) is 0 Å². The van der Waals surface area contributed by atoms with Gasteiger partial charge in [0.2, 0.25) is 0 Å². The summed E-state index contributed by atoms with van der Waals surface area (Å²) in [5, 5.41) is 5.70. The van der Waals surface area contributed by atoms with Crippen LogP contribution in [0, 0.1) is 0 Å². The van der Waals surface area contributed by atoms with Crippen molar-refractivity contribution in [3.05, 3.63) is 22.4 Å². The highest BCUT2D eigenvalue weighted by Gasteiger charge is 2.02. The predicted octanol–water partition coefficient (Wildman–Crippen LogP) is 2.22. The van der Waals surface area contributed by atoms with Crippen LogP contribution in [0.25, 0.3) is 0 Å². The molecule has 0 aliphatic carbocycles. The zero-order valence-corrected chi connectivity index (χ0v) is 10.8. The standard InChI is InChI=1S/C12H22N2S/c1-11(10-12-6-4-9-15-12)13-7-5-8-14(2)3/h4,6,9,11,13H,5,7-8,10H2,1-3H3. The average molecular weight is 226 g/mol. The Bertz CT molecular complexity index is 244. The van der Waals surface area contributed by atoms with E-state index < -0.39 is 0 Å². The van der Waals surface area contributed by atoms with E-state index in [0.29, 0.717) is 6.04 Å². The second kappa shape index (κ2) is 6.99. The molecule has 0 aromatic carbocycles. The van der Waals surface area contributed by atoms with Crippen LogP contribution < -0.4 is 5.32 Å². The lowest BCUT2D eigenvalue weighted by Gasteiger charge is -2.14. The summed E-state index contributed by atoms with van der Waals surface area (Å²) < 4.78 is 0. The van der Waals surface area contributed by atoms with E-state index in [9.17, 15) is 0 Å². The molecule has 0 amide bonds. The molecule has 1 aromatic rings. The summed E-state index contributed by atoms with van der Waals surface area (Å²) in [4.78, 5) is 3.70. The second-order valence-electron chi connectivity index (χ2n) is 4.30. The third-order valence-corrected chi connectivity index (χ3v) is 3.26. The van der Waals surface area contributed by atoms with Gasteiger partial charge >= 0.3 is 0 Å². The SMILES string of the molecule is CC(Cc1cccs1)NCCCN(C)C. The Kier molecular flexibility index (Phi) is 5.91. The van der Waals surface area contributed by atoms with Crippen LogP contribution >= 0.6 is 11.3 Å². The van der Waals surface area contributed by atoms with Gasteiger partial charge in [-0.3, -0.25) is 0 Å². The fourth-order valence-electron chi connectivity index (χ4n) is 1.55. The van der Waals surface area contributed by atoms with Crippen molar-refractivity contribution in [1.82, 2.24) is 10.2 Å². The summed E-state index contributed by atoms with van der Waals surface area (Å²) in [6.45, 7) is 4.54. The molecule has 86 valence electrons. The normalized spacial score (nSPS) is 13.3. The zero-order valence-electron chi connectivity index (χ0n) is 9.99. The minimum Gasteiger partial charge on any atom is -0.314 e. The molecule has 0 saturated heterocycles. The molecular formula is C12H22N2S. The van der Waals surface area contributed by atoms with Gasteiger partial charge in [0.15, 0.2) is 0 Å². The summed E-state index contributed by atoms with van der Waals surface area (Å²) in [5.41, 5.74) is 0. The molecule has 3 heteroatoms. The van der Waals surface area contributed by atoms with Gasteiger partial charge in [-0.25, -0.2) is 0 Å². The topological polar surface area (TPSA) is 15.3 Å². The highest BCUT2D eigenvalue weighted by atomic mass is 32.1. The maximum atomic E-state index is 3.56. The maximum absolute atomic E-state index is 3.56. The first kappa shape index (κ1) is 12.7. The number of rotatable bonds is 7. The van der Waals surface area contributed by atoms with Crippen molar-refractivity contribution >= 4 is 11.3 Å². The Morgan fingerprint density at radius 2 is 2.27 bits per heavy atom. The van der Waals surface area contributed by atoms with E-state index in [1.165, 1.54) is 17.8 Å². The Labute approximate surface area is 97.3 Å². The van der Waals surface area contributed by atoms with Gasteiger partial charge in [-0.2, -0.15) is 0 Å². The van der Waals surface area contributed by atoms with Crippen LogP contribution in [0.2, 0.25) is 0 Å². The quantitative estimate of drug-likeness (QED) is 0.717. The third kappa shape index (κ3) is 5.92. The van der Waals surface area contributed by atoms with Crippen LogP contribution in [-0.4, -0.2) is 38.1 Å². The number of thiophene rings is 1. The van der Waals surface area contributed by atoms with Crippen LogP contribution in [0.4, 0.5) is 0 Å². The van der Waals surface area contributed by atoms with E-state index in [1.54, 1.807) is 0 Å². The first-order valence-corrected chi connectivity index (χ1v) is 6.47. The summed E-state index contributed by atoms with van der Waals surface area (Å²) >= 11 is 1.85.